The molecule has 7 heteroatoms. The maximum absolute atomic E-state index is 12.2. The highest BCUT2D eigenvalue weighted by atomic mass is 16.8. The summed E-state index contributed by atoms with van der Waals surface area (Å²) < 4.78 is 19.5. The Hall–Kier alpha value is -1.70. The first-order valence-corrected chi connectivity index (χ1v) is 8.11. The summed E-state index contributed by atoms with van der Waals surface area (Å²) in [6, 6.07) is 1.31. The summed E-state index contributed by atoms with van der Waals surface area (Å²) in [7, 11) is 0. The molecular weight excluding hydrogens is 310 g/mol. The van der Waals surface area contributed by atoms with E-state index in [9.17, 15) is 4.79 Å². The summed E-state index contributed by atoms with van der Waals surface area (Å²) in [4.78, 5) is 16.0. The van der Waals surface area contributed by atoms with Crippen LogP contribution in [0.15, 0.2) is 28.7 Å². The molecular formula is C17H25N3O4. The molecule has 0 bridgehead atoms. The minimum absolute atomic E-state index is 0.204. The predicted molar refractivity (Wildman–Crippen MR) is 89.6 cm³/mol. The first kappa shape index (κ1) is 17.1. The molecule has 0 radical (unpaired) electrons. The molecule has 1 fully saturated rings. The molecule has 2 N–H and O–H groups in total. The van der Waals surface area contributed by atoms with Crippen molar-refractivity contribution in [3.8, 4) is 0 Å². The zero-order chi connectivity index (χ0) is 17.7. The van der Waals surface area contributed by atoms with Crippen molar-refractivity contribution in [1.82, 2.24) is 9.55 Å². The van der Waals surface area contributed by atoms with E-state index in [4.69, 9.17) is 19.9 Å². The molecule has 1 aromatic heterocycles. The van der Waals surface area contributed by atoms with Gasteiger partial charge in [-0.1, -0.05) is 6.08 Å². The monoisotopic (exact) mass is 335 g/mol. The third kappa shape index (κ3) is 3.38. The molecule has 0 aromatic carbocycles. The molecule has 0 spiro atoms. The van der Waals surface area contributed by atoms with E-state index in [1.807, 2.05) is 40.7 Å². The van der Waals surface area contributed by atoms with Crippen molar-refractivity contribution < 1.29 is 14.2 Å². The molecule has 3 rings (SSSR count). The van der Waals surface area contributed by atoms with Crippen LogP contribution in [-0.2, 0) is 14.2 Å². The van der Waals surface area contributed by atoms with Gasteiger partial charge in [0.2, 0.25) is 0 Å². The lowest BCUT2D eigenvalue weighted by Crippen LogP contribution is -2.35. The molecule has 1 aliphatic heterocycles. The molecule has 1 unspecified atom stereocenters. The SMILES string of the molecule is CC(C)(C)OCC1=CC(n2ccc(N)nc2=O)[C@H]2OC(C)(C)O[C@@H]12. The number of hydrogen-bond donors (Lipinski definition) is 1. The van der Waals surface area contributed by atoms with Crippen molar-refractivity contribution in [3.05, 3.63) is 34.4 Å². The average Bonchev–Trinajstić information content (AvgIpc) is 2.90. The van der Waals surface area contributed by atoms with E-state index < -0.39 is 11.5 Å². The zero-order valence-corrected chi connectivity index (χ0v) is 14.8. The standard InChI is InChI=1S/C17H25N3O4/c1-16(2,3)22-9-10-8-11(14-13(10)23-17(4,5)24-14)20-7-6-12(18)19-15(20)21/h6-8,11,13-14H,9H2,1-5H3,(H2,18,19,21)/t11?,13-,14+/m0/s1. The van der Waals surface area contributed by atoms with E-state index in [2.05, 4.69) is 4.98 Å². The number of anilines is 1. The van der Waals surface area contributed by atoms with E-state index in [-0.39, 0.29) is 29.7 Å². The molecule has 7 nitrogen and oxygen atoms in total. The lowest BCUT2D eigenvalue weighted by molar-refractivity contribution is -0.148. The van der Waals surface area contributed by atoms with Crippen LogP contribution >= 0.6 is 0 Å². The van der Waals surface area contributed by atoms with Crippen molar-refractivity contribution in [2.24, 2.45) is 0 Å². The average molecular weight is 335 g/mol. The normalized spacial score (nSPS) is 28.7. The summed E-state index contributed by atoms with van der Waals surface area (Å²) in [6.45, 7) is 10.2. The number of hydrogen-bond acceptors (Lipinski definition) is 6. The zero-order valence-electron chi connectivity index (χ0n) is 14.8. The quantitative estimate of drug-likeness (QED) is 0.845. The van der Waals surface area contributed by atoms with Gasteiger partial charge in [0.25, 0.3) is 0 Å². The number of rotatable bonds is 3. The van der Waals surface area contributed by atoms with Gasteiger partial charge in [0.1, 0.15) is 18.0 Å². The first-order chi connectivity index (χ1) is 11.1. The molecule has 0 saturated carbocycles. The number of nitrogens with zero attached hydrogens (tertiary/aromatic N) is 2. The Balaban J connectivity index is 1.93. The Kier molecular flexibility index (Phi) is 4.06. The van der Waals surface area contributed by atoms with Crippen LogP contribution in [0.3, 0.4) is 0 Å². The van der Waals surface area contributed by atoms with E-state index >= 15 is 0 Å². The Morgan fingerprint density at radius 3 is 2.71 bits per heavy atom. The first-order valence-electron chi connectivity index (χ1n) is 8.11. The van der Waals surface area contributed by atoms with Gasteiger partial charge >= 0.3 is 5.69 Å². The number of ether oxygens (including phenoxy) is 3. The van der Waals surface area contributed by atoms with E-state index in [0.717, 1.165) is 5.57 Å². The summed E-state index contributed by atoms with van der Waals surface area (Å²) in [5.74, 6) is -0.505. The van der Waals surface area contributed by atoms with Crippen molar-refractivity contribution in [3.63, 3.8) is 0 Å². The van der Waals surface area contributed by atoms with Crippen molar-refractivity contribution in [2.75, 3.05) is 12.3 Å². The number of nitrogen functional groups attached to an aromatic ring is 1. The molecule has 3 atom stereocenters. The molecule has 1 saturated heterocycles. The summed E-state index contributed by atoms with van der Waals surface area (Å²) in [5.41, 5.74) is 5.90. The number of aromatic nitrogens is 2. The van der Waals surface area contributed by atoms with E-state index in [1.165, 1.54) is 4.57 Å². The predicted octanol–water partition coefficient (Wildman–Crippen LogP) is 1.64. The van der Waals surface area contributed by atoms with Crippen LogP contribution in [0.1, 0.15) is 40.7 Å². The van der Waals surface area contributed by atoms with Crippen LogP contribution in [0.5, 0.6) is 0 Å². The minimum atomic E-state index is -0.709. The summed E-state index contributed by atoms with van der Waals surface area (Å²) in [5, 5.41) is 0. The topological polar surface area (TPSA) is 88.6 Å². The van der Waals surface area contributed by atoms with Gasteiger partial charge in [0.05, 0.1) is 18.2 Å². The van der Waals surface area contributed by atoms with Crippen molar-refractivity contribution in [1.29, 1.82) is 0 Å². The van der Waals surface area contributed by atoms with E-state index in [1.54, 1.807) is 12.3 Å². The fourth-order valence-corrected chi connectivity index (χ4v) is 3.06. The van der Waals surface area contributed by atoms with Crippen LogP contribution in [-0.4, -0.2) is 39.8 Å². The van der Waals surface area contributed by atoms with Gasteiger partial charge < -0.3 is 19.9 Å². The molecule has 132 valence electrons. The Morgan fingerprint density at radius 2 is 2.08 bits per heavy atom. The molecule has 2 heterocycles. The third-order valence-electron chi connectivity index (χ3n) is 4.06. The fraction of sp³-hybridized carbons (Fsp3) is 0.647. The number of fused-ring (bicyclic) bond motifs is 1. The maximum Gasteiger partial charge on any atom is 0.350 e. The Bertz CT molecular complexity index is 717. The van der Waals surface area contributed by atoms with Crippen molar-refractivity contribution in [2.45, 2.75) is 64.3 Å². The van der Waals surface area contributed by atoms with Gasteiger partial charge in [-0.15, -0.1) is 0 Å². The second-order valence-corrected chi connectivity index (χ2v) is 7.70. The van der Waals surface area contributed by atoms with E-state index in [0.29, 0.717) is 6.61 Å². The second kappa shape index (κ2) is 5.68. The highest BCUT2D eigenvalue weighted by molar-refractivity contribution is 5.28. The van der Waals surface area contributed by atoms with Gasteiger partial charge in [0, 0.05) is 6.20 Å². The van der Waals surface area contributed by atoms with Crippen LogP contribution in [0.4, 0.5) is 5.82 Å². The smallest absolute Gasteiger partial charge is 0.350 e. The van der Waals surface area contributed by atoms with Crippen LogP contribution in [0.25, 0.3) is 0 Å². The maximum atomic E-state index is 12.2. The Labute approximate surface area is 141 Å². The van der Waals surface area contributed by atoms with Crippen LogP contribution < -0.4 is 11.4 Å². The largest absolute Gasteiger partial charge is 0.383 e. The molecule has 24 heavy (non-hydrogen) atoms. The highest BCUT2D eigenvalue weighted by Crippen LogP contribution is 2.43. The van der Waals surface area contributed by atoms with Crippen LogP contribution in [0, 0.1) is 0 Å². The van der Waals surface area contributed by atoms with Gasteiger partial charge in [-0.25, -0.2) is 4.79 Å². The molecule has 0 amide bonds. The van der Waals surface area contributed by atoms with Gasteiger partial charge in [-0.05, 0) is 46.3 Å². The molecule has 1 aromatic rings. The van der Waals surface area contributed by atoms with Gasteiger partial charge in [-0.3, -0.25) is 4.57 Å². The minimum Gasteiger partial charge on any atom is -0.383 e. The van der Waals surface area contributed by atoms with Gasteiger partial charge in [-0.2, -0.15) is 4.98 Å². The third-order valence-corrected chi connectivity index (χ3v) is 4.06. The lowest BCUT2D eigenvalue weighted by Gasteiger charge is -2.23. The molecule has 2 aliphatic rings. The Morgan fingerprint density at radius 1 is 1.38 bits per heavy atom. The summed E-state index contributed by atoms with van der Waals surface area (Å²) >= 11 is 0. The van der Waals surface area contributed by atoms with Crippen molar-refractivity contribution >= 4 is 5.82 Å². The summed E-state index contributed by atoms with van der Waals surface area (Å²) in [6.07, 6.45) is 3.10. The molecule has 1 aliphatic carbocycles. The van der Waals surface area contributed by atoms with Crippen LogP contribution in [0.2, 0.25) is 0 Å². The van der Waals surface area contributed by atoms with Gasteiger partial charge in [0.15, 0.2) is 5.79 Å². The highest BCUT2D eigenvalue weighted by Gasteiger charge is 2.50. The second-order valence-electron chi connectivity index (χ2n) is 7.70. The fourth-order valence-electron chi connectivity index (χ4n) is 3.06. The lowest BCUT2D eigenvalue weighted by atomic mass is 10.1. The number of nitrogens with two attached hydrogens (primary N) is 1.